The topological polar surface area (TPSA) is 32.3 Å². The van der Waals surface area contributed by atoms with Crippen molar-refractivity contribution in [3.8, 4) is 0 Å². The van der Waals surface area contributed by atoms with Crippen LogP contribution < -0.4 is 5.32 Å². The highest BCUT2D eigenvalue weighted by Gasteiger charge is 2.29. The fourth-order valence-corrected chi connectivity index (χ4v) is 1.72. The molecule has 1 saturated heterocycles. The van der Waals surface area contributed by atoms with E-state index in [1.165, 1.54) is 0 Å². The maximum Gasteiger partial charge on any atom is 0.239 e. The Labute approximate surface area is 86.2 Å². The van der Waals surface area contributed by atoms with Gasteiger partial charge in [0.15, 0.2) is 0 Å². The van der Waals surface area contributed by atoms with Crippen LogP contribution in [-0.2, 0) is 4.79 Å². The Morgan fingerprint density at radius 3 is 3.14 bits per heavy atom. The normalized spacial score (nSPS) is 21.6. The number of carbonyl (C=O) groups is 1. The van der Waals surface area contributed by atoms with Crippen LogP contribution in [0.3, 0.4) is 0 Å². The van der Waals surface area contributed by atoms with E-state index in [1.807, 2.05) is 11.0 Å². The average Bonchev–Trinajstić information content (AvgIpc) is 2.54. The van der Waals surface area contributed by atoms with Crippen LogP contribution in [0.2, 0.25) is 0 Å². The molecule has 1 unspecified atom stereocenters. The van der Waals surface area contributed by atoms with Gasteiger partial charge in [-0.05, 0) is 25.8 Å². The Morgan fingerprint density at radius 1 is 1.71 bits per heavy atom. The Morgan fingerprint density at radius 2 is 2.50 bits per heavy atom. The van der Waals surface area contributed by atoms with Crippen LogP contribution in [0.4, 0.5) is 0 Å². The molecule has 0 spiro atoms. The van der Waals surface area contributed by atoms with E-state index in [0.29, 0.717) is 0 Å². The zero-order valence-electron chi connectivity index (χ0n) is 8.96. The Bertz CT molecular complexity index is 203. The van der Waals surface area contributed by atoms with E-state index in [9.17, 15) is 4.79 Å². The summed E-state index contributed by atoms with van der Waals surface area (Å²) in [6.45, 7) is 8.43. The smallest absolute Gasteiger partial charge is 0.239 e. The molecule has 1 heterocycles. The summed E-state index contributed by atoms with van der Waals surface area (Å²) in [5.41, 5.74) is 0. The first-order valence-corrected chi connectivity index (χ1v) is 5.42. The first-order valence-electron chi connectivity index (χ1n) is 5.42. The minimum Gasteiger partial charge on any atom is -0.341 e. The van der Waals surface area contributed by atoms with Gasteiger partial charge in [-0.25, -0.2) is 0 Å². The summed E-state index contributed by atoms with van der Waals surface area (Å²) >= 11 is 0. The van der Waals surface area contributed by atoms with E-state index in [-0.39, 0.29) is 11.9 Å². The van der Waals surface area contributed by atoms with Gasteiger partial charge in [0.25, 0.3) is 0 Å². The molecule has 0 aromatic heterocycles. The summed E-state index contributed by atoms with van der Waals surface area (Å²) in [5.74, 6) is 0.264. The van der Waals surface area contributed by atoms with Crippen molar-refractivity contribution < 1.29 is 4.79 Å². The fraction of sp³-hybridized carbons (Fsp3) is 0.727. The molecule has 1 fully saturated rings. The third-order valence-electron chi connectivity index (χ3n) is 2.54. The van der Waals surface area contributed by atoms with Crippen molar-refractivity contribution in [3.05, 3.63) is 12.7 Å². The van der Waals surface area contributed by atoms with Crippen molar-refractivity contribution in [1.29, 1.82) is 0 Å². The second-order valence-corrected chi connectivity index (χ2v) is 3.70. The fourth-order valence-electron chi connectivity index (χ4n) is 1.72. The third-order valence-corrected chi connectivity index (χ3v) is 2.54. The highest BCUT2D eigenvalue weighted by atomic mass is 16.2. The maximum atomic E-state index is 11.7. The molecule has 3 heteroatoms. The lowest BCUT2D eigenvalue weighted by molar-refractivity contribution is -0.129. The lowest BCUT2D eigenvalue weighted by atomic mass is 10.2. The summed E-state index contributed by atoms with van der Waals surface area (Å²) in [7, 11) is 0. The monoisotopic (exact) mass is 196 g/mol. The number of likely N-dealkylation sites (tertiary alicyclic amines) is 1. The van der Waals surface area contributed by atoms with Crippen molar-refractivity contribution in [2.45, 2.75) is 32.2 Å². The molecule has 1 aliphatic heterocycles. The van der Waals surface area contributed by atoms with Crippen molar-refractivity contribution in [3.63, 3.8) is 0 Å². The number of carbonyl (C=O) groups excluding carboxylic acids is 1. The molecule has 0 radical (unpaired) electrons. The largest absolute Gasteiger partial charge is 0.341 e. The molecule has 1 N–H and O–H groups in total. The van der Waals surface area contributed by atoms with Crippen LogP contribution in [-0.4, -0.2) is 36.5 Å². The van der Waals surface area contributed by atoms with Crippen molar-refractivity contribution in [2.75, 3.05) is 19.6 Å². The minimum absolute atomic E-state index is 0.0692. The molecule has 14 heavy (non-hydrogen) atoms. The number of hydrogen-bond donors (Lipinski definition) is 1. The number of nitrogens with one attached hydrogen (secondary N) is 1. The molecule has 0 aromatic carbocycles. The highest BCUT2D eigenvalue weighted by Crippen LogP contribution is 2.11. The quantitative estimate of drug-likeness (QED) is 0.647. The maximum absolute atomic E-state index is 11.7. The minimum atomic E-state index is 0.0692. The van der Waals surface area contributed by atoms with Crippen LogP contribution in [0.1, 0.15) is 26.2 Å². The predicted octanol–water partition coefficient (Wildman–Crippen LogP) is 1.16. The molecule has 1 atom stereocenters. The first kappa shape index (κ1) is 11.2. The van der Waals surface area contributed by atoms with Gasteiger partial charge in [0.1, 0.15) is 0 Å². The molecular weight excluding hydrogens is 176 g/mol. The number of nitrogens with zero attached hydrogens (tertiary/aromatic N) is 1. The first-order chi connectivity index (χ1) is 6.79. The van der Waals surface area contributed by atoms with E-state index < -0.39 is 0 Å². The van der Waals surface area contributed by atoms with Gasteiger partial charge in [-0.3, -0.25) is 4.79 Å². The molecule has 0 aromatic rings. The zero-order valence-corrected chi connectivity index (χ0v) is 8.96. The van der Waals surface area contributed by atoms with E-state index in [2.05, 4.69) is 18.8 Å². The van der Waals surface area contributed by atoms with E-state index in [0.717, 1.165) is 38.9 Å². The second kappa shape index (κ2) is 5.81. The van der Waals surface area contributed by atoms with Crippen LogP contribution in [0.25, 0.3) is 0 Å². The molecule has 1 rings (SSSR count). The van der Waals surface area contributed by atoms with E-state index in [4.69, 9.17) is 0 Å². The summed E-state index contributed by atoms with van der Waals surface area (Å²) < 4.78 is 0. The molecule has 1 amide bonds. The van der Waals surface area contributed by atoms with Gasteiger partial charge in [0, 0.05) is 13.1 Å². The van der Waals surface area contributed by atoms with Crippen molar-refractivity contribution in [2.24, 2.45) is 0 Å². The van der Waals surface area contributed by atoms with Gasteiger partial charge < -0.3 is 10.2 Å². The van der Waals surface area contributed by atoms with Gasteiger partial charge in [0.05, 0.1) is 6.04 Å². The predicted molar refractivity (Wildman–Crippen MR) is 58.1 cm³/mol. The van der Waals surface area contributed by atoms with Crippen LogP contribution >= 0.6 is 0 Å². The lowest BCUT2D eigenvalue weighted by Gasteiger charge is -2.15. The van der Waals surface area contributed by atoms with Crippen molar-refractivity contribution >= 4 is 5.91 Å². The molecule has 3 nitrogen and oxygen atoms in total. The Kier molecular flexibility index (Phi) is 4.66. The summed E-state index contributed by atoms with van der Waals surface area (Å²) in [5, 5.41) is 3.27. The Balaban J connectivity index is 2.31. The number of rotatable bonds is 6. The summed E-state index contributed by atoms with van der Waals surface area (Å²) in [6.07, 6.45) is 4.79. The number of amides is 1. The van der Waals surface area contributed by atoms with Gasteiger partial charge in [-0.15, -0.1) is 6.58 Å². The SMILES string of the molecule is C=CCCN1CCC(NCCC)C1=O. The highest BCUT2D eigenvalue weighted by molar-refractivity contribution is 5.83. The lowest BCUT2D eigenvalue weighted by Crippen LogP contribution is -2.38. The average molecular weight is 196 g/mol. The van der Waals surface area contributed by atoms with Crippen molar-refractivity contribution in [1.82, 2.24) is 10.2 Å². The van der Waals surface area contributed by atoms with Crippen LogP contribution in [0.5, 0.6) is 0 Å². The van der Waals surface area contributed by atoms with E-state index >= 15 is 0 Å². The molecule has 1 aliphatic rings. The zero-order chi connectivity index (χ0) is 10.4. The van der Waals surface area contributed by atoms with Gasteiger partial charge >= 0.3 is 0 Å². The third kappa shape index (κ3) is 2.84. The number of hydrogen-bond acceptors (Lipinski definition) is 2. The standard InChI is InChI=1S/C11H20N2O/c1-3-5-8-13-9-6-10(11(13)14)12-7-4-2/h3,10,12H,1,4-9H2,2H3. The molecule has 0 bridgehead atoms. The summed E-state index contributed by atoms with van der Waals surface area (Å²) in [6, 6.07) is 0.0692. The second-order valence-electron chi connectivity index (χ2n) is 3.70. The van der Waals surface area contributed by atoms with Gasteiger partial charge in [-0.2, -0.15) is 0 Å². The Hall–Kier alpha value is -0.830. The van der Waals surface area contributed by atoms with Gasteiger partial charge in [-0.1, -0.05) is 13.0 Å². The van der Waals surface area contributed by atoms with Gasteiger partial charge in [0.2, 0.25) is 5.91 Å². The van der Waals surface area contributed by atoms with Crippen LogP contribution in [0, 0.1) is 0 Å². The van der Waals surface area contributed by atoms with E-state index in [1.54, 1.807) is 0 Å². The molecule has 0 aliphatic carbocycles. The molecule has 80 valence electrons. The molecular formula is C11H20N2O. The summed E-state index contributed by atoms with van der Waals surface area (Å²) in [4.78, 5) is 13.7. The van der Waals surface area contributed by atoms with Crippen LogP contribution in [0.15, 0.2) is 12.7 Å². The molecule has 0 saturated carbocycles.